The fourth-order valence-corrected chi connectivity index (χ4v) is 3.49. The molecule has 0 saturated carbocycles. The highest BCUT2D eigenvalue weighted by atomic mass is 79.9. The maximum Gasteiger partial charge on any atom is 0.174 e. The van der Waals surface area contributed by atoms with Gasteiger partial charge in [0.05, 0.1) is 0 Å². The highest BCUT2D eigenvalue weighted by Crippen LogP contribution is 2.57. The molecule has 19 heavy (non-hydrogen) atoms. The van der Waals surface area contributed by atoms with E-state index in [4.69, 9.17) is 10.5 Å². The van der Waals surface area contributed by atoms with E-state index >= 15 is 0 Å². The highest BCUT2D eigenvalue weighted by molar-refractivity contribution is 9.10. The summed E-state index contributed by atoms with van der Waals surface area (Å²) in [5.74, 6) is 0.852. The molecule has 0 unspecified atom stereocenters. The molecule has 0 saturated heterocycles. The average Bonchev–Trinajstić information content (AvgIpc) is 2.74. The van der Waals surface area contributed by atoms with E-state index < -0.39 is 11.3 Å². The van der Waals surface area contributed by atoms with E-state index in [0.717, 1.165) is 27.0 Å². The third-order valence-corrected chi connectivity index (χ3v) is 4.70. The van der Waals surface area contributed by atoms with Crippen molar-refractivity contribution in [1.82, 2.24) is 0 Å². The summed E-state index contributed by atoms with van der Waals surface area (Å²) < 4.78 is 7.22. The molecule has 0 aliphatic carbocycles. The number of ether oxygens (including phenoxy) is 1. The SMILES string of the molecule is C[C@@]12Oc3ccccc3[C@]1(N)Nc1ccc(Br)cc12. The molecule has 0 spiro atoms. The maximum absolute atomic E-state index is 6.66. The van der Waals surface area contributed by atoms with Gasteiger partial charge in [0.2, 0.25) is 0 Å². The highest BCUT2D eigenvalue weighted by Gasteiger charge is 2.61. The molecule has 2 aromatic carbocycles. The summed E-state index contributed by atoms with van der Waals surface area (Å²) in [6.45, 7) is 2.04. The van der Waals surface area contributed by atoms with Crippen molar-refractivity contribution in [2.75, 3.05) is 5.32 Å². The van der Waals surface area contributed by atoms with Gasteiger partial charge in [0, 0.05) is 21.3 Å². The molecule has 3 nitrogen and oxygen atoms in total. The number of benzene rings is 2. The van der Waals surface area contributed by atoms with E-state index in [2.05, 4.69) is 27.3 Å². The van der Waals surface area contributed by atoms with Crippen molar-refractivity contribution in [2.24, 2.45) is 5.73 Å². The molecule has 4 heteroatoms. The minimum absolute atomic E-state index is 0.588. The molecule has 0 radical (unpaired) electrons. The third kappa shape index (κ3) is 1.21. The number of para-hydroxylation sites is 1. The standard InChI is InChI=1S/C15H13BrN2O/c1-14-11-8-9(16)6-7-12(11)18-15(14,17)10-4-2-3-5-13(10)19-14/h2-8,18H,17H2,1H3/t14-,15-/m0/s1. The first-order chi connectivity index (χ1) is 9.04. The Morgan fingerprint density at radius 1 is 1.16 bits per heavy atom. The summed E-state index contributed by atoms with van der Waals surface area (Å²) >= 11 is 3.51. The third-order valence-electron chi connectivity index (χ3n) is 4.21. The molecule has 2 aliphatic rings. The lowest BCUT2D eigenvalue weighted by atomic mass is 9.84. The molecule has 0 aromatic heterocycles. The van der Waals surface area contributed by atoms with Gasteiger partial charge in [-0.25, -0.2) is 0 Å². The van der Waals surface area contributed by atoms with Crippen LogP contribution in [0.15, 0.2) is 46.9 Å². The number of hydrogen-bond donors (Lipinski definition) is 2. The Morgan fingerprint density at radius 3 is 2.79 bits per heavy atom. The van der Waals surface area contributed by atoms with Gasteiger partial charge in [0.15, 0.2) is 11.3 Å². The Bertz CT molecular complexity index is 702. The fraction of sp³-hybridized carbons (Fsp3) is 0.200. The van der Waals surface area contributed by atoms with Crippen LogP contribution in [0.5, 0.6) is 5.75 Å². The Kier molecular flexibility index (Phi) is 1.98. The number of anilines is 1. The first kappa shape index (κ1) is 11.3. The van der Waals surface area contributed by atoms with Crippen LogP contribution in [0.2, 0.25) is 0 Å². The molecule has 3 N–H and O–H groups in total. The van der Waals surface area contributed by atoms with Gasteiger partial charge in [-0.3, -0.25) is 0 Å². The van der Waals surface area contributed by atoms with E-state index in [1.807, 2.05) is 43.3 Å². The van der Waals surface area contributed by atoms with Crippen LogP contribution in [-0.4, -0.2) is 0 Å². The summed E-state index contributed by atoms with van der Waals surface area (Å²) in [4.78, 5) is 0. The minimum Gasteiger partial charge on any atom is -0.478 e. The van der Waals surface area contributed by atoms with E-state index in [1.165, 1.54) is 0 Å². The molecule has 0 bridgehead atoms. The van der Waals surface area contributed by atoms with E-state index in [0.29, 0.717) is 0 Å². The number of fused-ring (bicyclic) bond motifs is 5. The van der Waals surface area contributed by atoms with Crippen LogP contribution in [0.1, 0.15) is 18.1 Å². The van der Waals surface area contributed by atoms with Gasteiger partial charge in [-0.2, -0.15) is 0 Å². The first-order valence-electron chi connectivity index (χ1n) is 6.20. The van der Waals surface area contributed by atoms with Gasteiger partial charge < -0.3 is 15.8 Å². The molecule has 2 aromatic rings. The van der Waals surface area contributed by atoms with Crippen LogP contribution in [0.3, 0.4) is 0 Å². The van der Waals surface area contributed by atoms with E-state index in [1.54, 1.807) is 0 Å². The van der Waals surface area contributed by atoms with E-state index in [-0.39, 0.29) is 0 Å². The van der Waals surface area contributed by atoms with Gasteiger partial charge >= 0.3 is 0 Å². The topological polar surface area (TPSA) is 47.3 Å². The summed E-state index contributed by atoms with van der Waals surface area (Å²) in [6, 6.07) is 14.1. The number of rotatable bonds is 0. The second-order valence-corrected chi connectivity index (χ2v) is 6.17. The summed E-state index contributed by atoms with van der Waals surface area (Å²) in [5.41, 5.74) is 8.47. The zero-order valence-corrected chi connectivity index (χ0v) is 12.0. The van der Waals surface area contributed by atoms with Crippen LogP contribution < -0.4 is 15.8 Å². The van der Waals surface area contributed by atoms with E-state index in [9.17, 15) is 0 Å². The van der Waals surface area contributed by atoms with Gasteiger partial charge in [0.1, 0.15) is 5.75 Å². The predicted molar refractivity (Wildman–Crippen MR) is 78.1 cm³/mol. The average molecular weight is 317 g/mol. The number of hydrogen-bond acceptors (Lipinski definition) is 3. The van der Waals surface area contributed by atoms with Crippen molar-refractivity contribution in [3.8, 4) is 5.75 Å². The lowest BCUT2D eigenvalue weighted by Crippen LogP contribution is -2.54. The monoisotopic (exact) mass is 316 g/mol. The van der Waals surface area contributed by atoms with Crippen LogP contribution in [0.25, 0.3) is 0 Å². The predicted octanol–water partition coefficient (Wildman–Crippen LogP) is 3.29. The zero-order valence-electron chi connectivity index (χ0n) is 10.4. The quantitative estimate of drug-likeness (QED) is 0.784. The smallest absolute Gasteiger partial charge is 0.174 e. The van der Waals surface area contributed by atoms with Crippen molar-refractivity contribution in [3.63, 3.8) is 0 Å². The number of nitrogens with one attached hydrogen (secondary N) is 1. The van der Waals surface area contributed by atoms with Crippen LogP contribution >= 0.6 is 15.9 Å². The lowest BCUT2D eigenvalue weighted by molar-refractivity contribution is 0.0578. The molecule has 0 fully saturated rings. The molecule has 0 amide bonds. The summed E-state index contributed by atoms with van der Waals surface area (Å²) in [5, 5.41) is 3.43. The summed E-state index contributed by atoms with van der Waals surface area (Å²) in [7, 11) is 0. The number of nitrogens with two attached hydrogens (primary N) is 1. The van der Waals surface area contributed by atoms with Crippen molar-refractivity contribution < 1.29 is 4.74 Å². The lowest BCUT2D eigenvalue weighted by Gasteiger charge is -2.33. The minimum atomic E-state index is -0.716. The Labute approximate surface area is 119 Å². The van der Waals surface area contributed by atoms with Crippen LogP contribution in [-0.2, 0) is 11.3 Å². The molecule has 2 aliphatic heterocycles. The Hall–Kier alpha value is -1.52. The van der Waals surface area contributed by atoms with Gasteiger partial charge in [-0.05, 0) is 31.2 Å². The summed E-state index contributed by atoms with van der Waals surface area (Å²) in [6.07, 6.45) is 0. The molecular formula is C15H13BrN2O. The molecule has 2 heterocycles. The van der Waals surface area contributed by atoms with Crippen LogP contribution in [0, 0.1) is 0 Å². The molecule has 2 atom stereocenters. The maximum atomic E-state index is 6.66. The Balaban J connectivity index is 1.99. The normalized spacial score (nSPS) is 30.1. The first-order valence-corrected chi connectivity index (χ1v) is 6.99. The van der Waals surface area contributed by atoms with Gasteiger partial charge in [-0.15, -0.1) is 0 Å². The largest absolute Gasteiger partial charge is 0.478 e. The van der Waals surface area contributed by atoms with Crippen molar-refractivity contribution in [1.29, 1.82) is 0 Å². The second-order valence-electron chi connectivity index (χ2n) is 5.25. The van der Waals surface area contributed by atoms with Crippen molar-refractivity contribution in [3.05, 3.63) is 58.1 Å². The van der Waals surface area contributed by atoms with Gasteiger partial charge in [0.25, 0.3) is 0 Å². The molecular weight excluding hydrogens is 304 g/mol. The van der Waals surface area contributed by atoms with Crippen molar-refractivity contribution >= 4 is 21.6 Å². The molecule has 4 rings (SSSR count). The van der Waals surface area contributed by atoms with Crippen LogP contribution in [0.4, 0.5) is 5.69 Å². The number of halogens is 1. The second kappa shape index (κ2) is 3.32. The van der Waals surface area contributed by atoms with Gasteiger partial charge in [-0.1, -0.05) is 34.1 Å². The fourth-order valence-electron chi connectivity index (χ4n) is 3.13. The zero-order chi connectivity index (χ0) is 13.3. The molecule has 96 valence electrons. The van der Waals surface area contributed by atoms with Crippen molar-refractivity contribution in [2.45, 2.75) is 18.2 Å². The Morgan fingerprint density at radius 2 is 1.95 bits per heavy atom.